The van der Waals surface area contributed by atoms with Crippen LogP contribution in [0.15, 0.2) is 67.0 Å². The van der Waals surface area contributed by atoms with Gasteiger partial charge in [0, 0.05) is 30.6 Å². The standard InChI is InChI=1S/C25H26F2N2O2/c26-22-7-6-19(15-23(22)27)25(21-16-31-13-10-24(21)30)29-20-3-1-2-18(14-20)5-4-17-8-11-28-12-9-17/h1-3,6-9,11-12,14-15,21,24-25,29-30H,4-5,10,13,16H2/t21-,24+,25-/m1/s1. The van der Waals surface area contributed by atoms with Gasteiger partial charge in [0.1, 0.15) is 0 Å². The molecule has 1 aliphatic heterocycles. The van der Waals surface area contributed by atoms with E-state index in [1.807, 2.05) is 24.3 Å². The van der Waals surface area contributed by atoms with Crippen molar-refractivity contribution in [1.82, 2.24) is 4.98 Å². The molecule has 1 aliphatic rings. The number of aryl methyl sites for hydroxylation is 2. The highest BCUT2D eigenvalue weighted by Crippen LogP contribution is 2.33. The summed E-state index contributed by atoms with van der Waals surface area (Å²) >= 11 is 0. The lowest BCUT2D eigenvalue weighted by molar-refractivity contribution is -0.0424. The van der Waals surface area contributed by atoms with Crippen LogP contribution in [0.25, 0.3) is 0 Å². The molecule has 162 valence electrons. The molecule has 1 aromatic heterocycles. The van der Waals surface area contributed by atoms with E-state index in [0.29, 0.717) is 25.2 Å². The molecule has 31 heavy (non-hydrogen) atoms. The van der Waals surface area contributed by atoms with Gasteiger partial charge < -0.3 is 15.2 Å². The van der Waals surface area contributed by atoms with Gasteiger partial charge in [0.15, 0.2) is 11.6 Å². The first-order chi connectivity index (χ1) is 15.1. The van der Waals surface area contributed by atoms with Crippen LogP contribution in [0.4, 0.5) is 14.5 Å². The number of benzene rings is 2. The highest BCUT2D eigenvalue weighted by Gasteiger charge is 2.33. The van der Waals surface area contributed by atoms with E-state index in [2.05, 4.69) is 22.4 Å². The van der Waals surface area contributed by atoms with Gasteiger partial charge in [0.05, 0.1) is 18.8 Å². The molecular weight excluding hydrogens is 398 g/mol. The molecule has 0 saturated carbocycles. The molecule has 1 saturated heterocycles. The Morgan fingerprint density at radius 3 is 2.58 bits per heavy atom. The summed E-state index contributed by atoms with van der Waals surface area (Å²) in [6.45, 7) is 0.840. The van der Waals surface area contributed by atoms with Gasteiger partial charge >= 0.3 is 0 Å². The van der Waals surface area contributed by atoms with E-state index < -0.39 is 23.8 Å². The van der Waals surface area contributed by atoms with Gasteiger partial charge in [-0.25, -0.2) is 8.78 Å². The molecule has 0 spiro atoms. The minimum Gasteiger partial charge on any atom is -0.393 e. The van der Waals surface area contributed by atoms with E-state index >= 15 is 0 Å². The van der Waals surface area contributed by atoms with Crippen molar-refractivity contribution in [2.24, 2.45) is 5.92 Å². The molecule has 4 rings (SSSR count). The molecule has 0 radical (unpaired) electrons. The summed E-state index contributed by atoms with van der Waals surface area (Å²) < 4.78 is 33.1. The summed E-state index contributed by atoms with van der Waals surface area (Å²) in [6.07, 6.45) is 5.26. The summed E-state index contributed by atoms with van der Waals surface area (Å²) in [7, 11) is 0. The Balaban J connectivity index is 1.55. The number of aliphatic hydroxyl groups is 1. The lowest BCUT2D eigenvalue weighted by Gasteiger charge is -2.35. The molecule has 0 aliphatic carbocycles. The molecule has 2 N–H and O–H groups in total. The van der Waals surface area contributed by atoms with Gasteiger partial charge in [0.2, 0.25) is 0 Å². The monoisotopic (exact) mass is 424 g/mol. The molecule has 1 fully saturated rings. The molecule has 2 aromatic carbocycles. The number of anilines is 1. The Morgan fingerprint density at radius 1 is 1.00 bits per heavy atom. The SMILES string of the molecule is O[C@H]1CCOC[C@H]1[C@H](Nc1cccc(CCc2ccncc2)c1)c1ccc(F)c(F)c1. The summed E-state index contributed by atoms with van der Waals surface area (Å²) in [5, 5.41) is 14.0. The van der Waals surface area contributed by atoms with Crippen molar-refractivity contribution in [3.05, 3.63) is 95.3 Å². The average Bonchev–Trinajstić information content (AvgIpc) is 2.80. The van der Waals surface area contributed by atoms with Crippen LogP contribution in [0.1, 0.15) is 29.2 Å². The van der Waals surface area contributed by atoms with Crippen LogP contribution in [-0.4, -0.2) is 29.4 Å². The van der Waals surface area contributed by atoms with E-state index in [0.717, 1.165) is 30.2 Å². The molecule has 0 amide bonds. The number of halogens is 2. The van der Waals surface area contributed by atoms with Crippen LogP contribution < -0.4 is 5.32 Å². The number of hydrogen-bond donors (Lipinski definition) is 2. The number of hydrogen-bond acceptors (Lipinski definition) is 4. The number of nitrogens with one attached hydrogen (secondary N) is 1. The highest BCUT2D eigenvalue weighted by atomic mass is 19.2. The van der Waals surface area contributed by atoms with Crippen molar-refractivity contribution in [3.63, 3.8) is 0 Å². The molecule has 3 atom stereocenters. The fraction of sp³-hybridized carbons (Fsp3) is 0.320. The van der Waals surface area contributed by atoms with E-state index in [-0.39, 0.29) is 5.92 Å². The predicted molar refractivity (Wildman–Crippen MR) is 116 cm³/mol. The smallest absolute Gasteiger partial charge is 0.159 e. The van der Waals surface area contributed by atoms with Crippen molar-refractivity contribution >= 4 is 5.69 Å². The third kappa shape index (κ3) is 5.46. The second-order valence-electron chi connectivity index (χ2n) is 7.95. The van der Waals surface area contributed by atoms with Gasteiger partial charge in [-0.3, -0.25) is 4.98 Å². The fourth-order valence-electron chi connectivity index (χ4n) is 4.04. The maximum atomic E-state index is 14.0. The van der Waals surface area contributed by atoms with Gasteiger partial charge in [-0.15, -0.1) is 0 Å². The van der Waals surface area contributed by atoms with Gasteiger partial charge in [-0.05, 0) is 72.4 Å². The lowest BCUT2D eigenvalue weighted by Crippen LogP contribution is -2.38. The lowest BCUT2D eigenvalue weighted by atomic mass is 9.86. The Bertz CT molecular complexity index is 1000. The second-order valence-corrected chi connectivity index (χ2v) is 7.95. The topological polar surface area (TPSA) is 54.4 Å². The molecule has 3 aromatic rings. The quantitative estimate of drug-likeness (QED) is 0.578. The molecule has 6 heteroatoms. The maximum Gasteiger partial charge on any atom is 0.159 e. The number of pyridine rings is 1. The molecule has 0 unspecified atom stereocenters. The number of aliphatic hydroxyl groups excluding tert-OH is 1. The largest absolute Gasteiger partial charge is 0.393 e. The zero-order valence-corrected chi connectivity index (χ0v) is 17.2. The Hall–Kier alpha value is -2.83. The minimum atomic E-state index is -0.901. The van der Waals surface area contributed by atoms with Crippen LogP contribution >= 0.6 is 0 Å². The summed E-state index contributed by atoms with van der Waals surface area (Å²) in [5.41, 5.74) is 3.82. The molecule has 4 nitrogen and oxygen atoms in total. The van der Waals surface area contributed by atoms with Crippen LogP contribution in [0.5, 0.6) is 0 Å². The first kappa shape index (κ1) is 21.4. The second kappa shape index (κ2) is 9.98. The van der Waals surface area contributed by atoms with E-state index in [1.54, 1.807) is 18.5 Å². The van der Waals surface area contributed by atoms with Crippen LogP contribution in [0, 0.1) is 17.6 Å². The van der Waals surface area contributed by atoms with Crippen LogP contribution in [-0.2, 0) is 17.6 Å². The van der Waals surface area contributed by atoms with E-state index in [9.17, 15) is 13.9 Å². The molecule has 0 bridgehead atoms. The fourth-order valence-corrected chi connectivity index (χ4v) is 4.04. The van der Waals surface area contributed by atoms with E-state index in [1.165, 1.54) is 11.6 Å². The normalized spacial score (nSPS) is 19.7. The van der Waals surface area contributed by atoms with E-state index in [4.69, 9.17) is 4.74 Å². The highest BCUT2D eigenvalue weighted by molar-refractivity contribution is 5.48. The summed E-state index contributed by atoms with van der Waals surface area (Å²) in [6, 6.07) is 15.5. The average molecular weight is 424 g/mol. The number of rotatable bonds is 7. The van der Waals surface area contributed by atoms with Crippen molar-refractivity contribution in [3.8, 4) is 0 Å². The maximum absolute atomic E-state index is 14.0. The van der Waals surface area contributed by atoms with Gasteiger partial charge in [-0.1, -0.05) is 18.2 Å². The molecule has 2 heterocycles. The Morgan fingerprint density at radius 2 is 1.81 bits per heavy atom. The summed E-state index contributed by atoms with van der Waals surface area (Å²) in [4.78, 5) is 4.05. The Labute approximate surface area is 180 Å². The summed E-state index contributed by atoms with van der Waals surface area (Å²) in [5.74, 6) is -2.07. The zero-order chi connectivity index (χ0) is 21.6. The van der Waals surface area contributed by atoms with Gasteiger partial charge in [-0.2, -0.15) is 0 Å². The van der Waals surface area contributed by atoms with Crippen molar-refractivity contribution in [2.45, 2.75) is 31.4 Å². The predicted octanol–water partition coefficient (Wildman–Crippen LogP) is 4.70. The number of nitrogens with zero attached hydrogens (tertiary/aromatic N) is 1. The third-order valence-electron chi connectivity index (χ3n) is 5.79. The van der Waals surface area contributed by atoms with Crippen LogP contribution in [0.3, 0.4) is 0 Å². The third-order valence-corrected chi connectivity index (χ3v) is 5.79. The van der Waals surface area contributed by atoms with Crippen molar-refractivity contribution in [1.29, 1.82) is 0 Å². The Kier molecular flexibility index (Phi) is 6.89. The molecular formula is C25H26F2N2O2. The number of aromatic nitrogens is 1. The minimum absolute atomic E-state index is 0.279. The number of ether oxygens (including phenoxy) is 1. The van der Waals surface area contributed by atoms with Gasteiger partial charge in [0.25, 0.3) is 0 Å². The first-order valence-corrected chi connectivity index (χ1v) is 10.6. The first-order valence-electron chi connectivity index (χ1n) is 10.6. The van der Waals surface area contributed by atoms with Crippen LogP contribution in [0.2, 0.25) is 0 Å². The van der Waals surface area contributed by atoms with Crippen molar-refractivity contribution < 1.29 is 18.6 Å². The zero-order valence-electron chi connectivity index (χ0n) is 17.2. The van der Waals surface area contributed by atoms with Crippen molar-refractivity contribution in [2.75, 3.05) is 18.5 Å².